The lowest BCUT2D eigenvalue weighted by Crippen LogP contribution is -2.28. The third-order valence-electron chi connectivity index (χ3n) is 2.86. The zero-order chi connectivity index (χ0) is 13.9. The molecule has 0 saturated carbocycles. The first kappa shape index (κ1) is 14.3. The van der Waals surface area contributed by atoms with E-state index in [0.717, 1.165) is 5.56 Å². The molecule has 1 N–H and O–H groups in total. The van der Waals surface area contributed by atoms with E-state index in [1.165, 1.54) is 7.11 Å². The minimum atomic E-state index is -0.914. The Kier molecular flexibility index (Phi) is 4.55. The summed E-state index contributed by atoms with van der Waals surface area (Å²) in [7, 11) is 6.54. The summed E-state index contributed by atoms with van der Waals surface area (Å²) in [6.07, 6.45) is 0. The summed E-state index contributed by atoms with van der Waals surface area (Å²) in [5.74, 6) is 0.316. The van der Waals surface area contributed by atoms with Crippen molar-refractivity contribution < 1.29 is 19.4 Å². The summed E-state index contributed by atoms with van der Waals surface area (Å²) >= 11 is 0. The van der Waals surface area contributed by atoms with E-state index in [0.29, 0.717) is 17.1 Å². The van der Waals surface area contributed by atoms with Gasteiger partial charge in [-0.15, -0.1) is 0 Å². The monoisotopic (exact) mass is 253 g/mol. The predicted octanol–water partition coefficient (Wildman–Crippen LogP) is 1.70. The molecule has 18 heavy (non-hydrogen) atoms. The van der Waals surface area contributed by atoms with E-state index in [9.17, 15) is 9.90 Å². The van der Waals surface area contributed by atoms with Crippen LogP contribution in [0.25, 0.3) is 0 Å². The highest BCUT2D eigenvalue weighted by atomic mass is 16.5. The van der Waals surface area contributed by atoms with E-state index < -0.39 is 12.0 Å². The Morgan fingerprint density at radius 3 is 2.28 bits per heavy atom. The number of likely N-dealkylation sites (N-methyl/N-ethyl adjacent to an activating group) is 1. The molecule has 5 heteroatoms. The number of hydrogen-bond donors (Lipinski definition) is 1. The van der Waals surface area contributed by atoms with Crippen LogP contribution in [-0.2, 0) is 4.79 Å². The van der Waals surface area contributed by atoms with Crippen LogP contribution >= 0.6 is 0 Å². The van der Waals surface area contributed by atoms with E-state index in [1.54, 1.807) is 38.2 Å². The van der Waals surface area contributed by atoms with Crippen molar-refractivity contribution in [3.05, 3.63) is 23.3 Å². The van der Waals surface area contributed by atoms with Crippen LogP contribution in [-0.4, -0.2) is 44.3 Å². The maximum Gasteiger partial charge on any atom is 0.325 e. The number of methoxy groups -OCH3 is 2. The van der Waals surface area contributed by atoms with Crippen LogP contribution < -0.4 is 9.47 Å². The molecule has 0 aliphatic heterocycles. The second-order valence-electron chi connectivity index (χ2n) is 4.22. The number of rotatable bonds is 5. The van der Waals surface area contributed by atoms with E-state index in [2.05, 4.69) is 0 Å². The fourth-order valence-electron chi connectivity index (χ4n) is 2.03. The van der Waals surface area contributed by atoms with Crippen molar-refractivity contribution in [1.82, 2.24) is 4.90 Å². The SMILES string of the molecule is COc1ccc(C(C(=O)O)N(C)C)c(OC)c1C. The molecule has 0 aliphatic rings. The number of nitrogens with zero attached hydrogens (tertiary/aromatic N) is 1. The van der Waals surface area contributed by atoms with Gasteiger partial charge in [-0.25, -0.2) is 0 Å². The molecule has 0 aliphatic carbocycles. The van der Waals surface area contributed by atoms with Crippen molar-refractivity contribution in [3.8, 4) is 11.5 Å². The molecule has 0 heterocycles. The molecular weight excluding hydrogens is 234 g/mol. The summed E-state index contributed by atoms with van der Waals surface area (Å²) in [6.45, 7) is 1.84. The van der Waals surface area contributed by atoms with Crippen LogP contribution in [0.5, 0.6) is 11.5 Å². The Labute approximate surface area is 107 Å². The van der Waals surface area contributed by atoms with Crippen LogP contribution in [0.2, 0.25) is 0 Å². The predicted molar refractivity (Wildman–Crippen MR) is 68.3 cm³/mol. The summed E-state index contributed by atoms with van der Waals surface area (Å²) in [5, 5.41) is 9.31. The molecule has 1 aromatic rings. The Morgan fingerprint density at radius 1 is 1.28 bits per heavy atom. The van der Waals surface area contributed by atoms with Gasteiger partial charge in [-0.05, 0) is 33.2 Å². The van der Waals surface area contributed by atoms with Gasteiger partial charge in [0.15, 0.2) is 0 Å². The molecule has 1 atom stereocenters. The third-order valence-corrected chi connectivity index (χ3v) is 2.86. The summed E-state index contributed by atoms with van der Waals surface area (Å²) in [4.78, 5) is 13.0. The number of carboxylic acids is 1. The first-order chi connectivity index (χ1) is 8.43. The molecule has 0 saturated heterocycles. The van der Waals surface area contributed by atoms with Crippen molar-refractivity contribution in [2.45, 2.75) is 13.0 Å². The van der Waals surface area contributed by atoms with Crippen molar-refractivity contribution in [3.63, 3.8) is 0 Å². The maximum absolute atomic E-state index is 11.3. The highest BCUT2D eigenvalue weighted by Gasteiger charge is 2.27. The van der Waals surface area contributed by atoms with Crippen molar-refractivity contribution >= 4 is 5.97 Å². The van der Waals surface area contributed by atoms with Gasteiger partial charge < -0.3 is 14.6 Å². The molecule has 0 aromatic heterocycles. The molecule has 0 spiro atoms. The second kappa shape index (κ2) is 5.73. The second-order valence-corrected chi connectivity index (χ2v) is 4.22. The zero-order valence-electron chi connectivity index (χ0n) is 11.4. The average Bonchev–Trinajstić information content (AvgIpc) is 2.28. The van der Waals surface area contributed by atoms with E-state index in [-0.39, 0.29) is 0 Å². The minimum Gasteiger partial charge on any atom is -0.496 e. The lowest BCUT2D eigenvalue weighted by molar-refractivity contribution is -0.142. The van der Waals surface area contributed by atoms with E-state index >= 15 is 0 Å². The summed E-state index contributed by atoms with van der Waals surface area (Å²) in [6, 6.07) is 2.74. The molecular formula is C13H19NO4. The highest BCUT2D eigenvalue weighted by Crippen LogP contribution is 2.36. The van der Waals surface area contributed by atoms with Crippen LogP contribution in [0.3, 0.4) is 0 Å². The van der Waals surface area contributed by atoms with Crippen molar-refractivity contribution in [1.29, 1.82) is 0 Å². The molecule has 1 rings (SSSR count). The number of ether oxygens (including phenoxy) is 2. The molecule has 5 nitrogen and oxygen atoms in total. The molecule has 100 valence electrons. The minimum absolute atomic E-state index is 0.551. The van der Waals surface area contributed by atoms with E-state index in [4.69, 9.17) is 9.47 Å². The Balaban J connectivity index is 3.40. The lowest BCUT2D eigenvalue weighted by Gasteiger charge is -2.24. The van der Waals surface area contributed by atoms with Crippen LogP contribution in [0.15, 0.2) is 12.1 Å². The average molecular weight is 253 g/mol. The van der Waals surface area contributed by atoms with Gasteiger partial charge in [0.25, 0.3) is 0 Å². The summed E-state index contributed by atoms with van der Waals surface area (Å²) in [5.41, 5.74) is 1.42. The largest absolute Gasteiger partial charge is 0.496 e. The van der Waals surface area contributed by atoms with E-state index in [1.807, 2.05) is 6.92 Å². The fourth-order valence-corrected chi connectivity index (χ4v) is 2.03. The number of carboxylic acid groups (broad SMARTS) is 1. The van der Waals surface area contributed by atoms with Gasteiger partial charge >= 0.3 is 5.97 Å². The smallest absolute Gasteiger partial charge is 0.325 e. The molecule has 0 amide bonds. The lowest BCUT2D eigenvalue weighted by atomic mass is 10.0. The normalized spacial score (nSPS) is 12.3. The fraction of sp³-hybridized carbons (Fsp3) is 0.462. The molecule has 0 radical (unpaired) electrons. The molecule has 1 aromatic carbocycles. The molecule has 0 bridgehead atoms. The topological polar surface area (TPSA) is 59.0 Å². The first-order valence-corrected chi connectivity index (χ1v) is 5.54. The van der Waals surface area contributed by atoms with Gasteiger partial charge in [-0.2, -0.15) is 0 Å². The van der Waals surface area contributed by atoms with Crippen molar-refractivity contribution in [2.75, 3.05) is 28.3 Å². The van der Waals surface area contributed by atoms with Crippen LogP contribution in [0.4, 0.5) is 0 Å². The van der Waals surface area contributed by atoms with Gasteiger partial charge in [-0.3, -0.25) is 9.69 Å². The third kappa shape index (κ3) is 2.56. The highest BCUT2D eigenvalue weighted by molar-refractivity contribution is 5.77. The molecule has 1 unspecified atom stereocenters. The number of carbonyl (C=O) groups is 1. The quantitative estimate of drug-likeness (QED) is 0.865. The van der Waals surface area contributed by atoms with Gasteiger partial charge in [-0.1, -0.05) is 0 Å². The van der Waals surface area contributed by atoms with Gasteiger partial charge in [0.2, 0.25) is 0 Å². The Hall–Kier alpha value is -1.75. The van der Waals surface area contributed by atoms with Crippen LogP contribution in [0, 0.1) is 6.92 Å². The number of aliphatic carboxylic acids is 1. The molecule has 0 fully saturated rings. The Morgan fingerprint density at radius 2 is 1.89 bits per heavy atom. The number of benzene rings is 1. The number of hydrogen-bond acceptors (Lipinski definition) is 4. The van der Waals surface area contributed by atoms with Crippen LogP contribution in [0.1, 0.15) is 17.2 Å². The zero-order valence-corrected chi connectivity index (χ0v) is 11.4. The standard InChI is InChI=1S/C13H19NO4/c1-8-10(17-4)7-6-9(12(8)18-5)11(13(15)16)14(2)3/h6-7,11H,1-5H3,(H,15,16). The first-order valence-electron chi connectivity index (χ1n) is 5.54. The van der Waals surface area contributed by atoms with Gasteiger partial charge in [0.05, 0.1) is 14.2 Å². The van der Waals surface area contributed by atoms with Gasteiger partial charge in [0, 0.05) is 11.1 Å². The Bertz CT molecular complexity index is 443. The van der Waals surface area contributed by atoms with Crippen molar-refractivity contribution in [2.24, 2.45) is 0 Å². The maximum atomic E-state index is 11.3. The summed E-state index contributed by atoms with van der Waals surface area (Å²) < 4.78 is 10.5. The van der Waals surface area contributed by atoms with Gasteiger partial charge in [0.1, 0.15) is 17.5 Å².